The van der Waals surface area contributed by atoms with Crippen LogP contribution in [0.2, 0.25) is 0 Å². The first-order valence-corrected chi connectivity index (χ1v) is 9.32. The predicted octanol–water partition coefficient (Wildman–Crippen LogP) is 3.46. The molecule has 1 fully saturated rings. The molecule has 1 aliphatic rings. The second-order valence-electron chi connectivity index (χ2n) is 6.04. The second kappa shape index (κ2) is 11.3. The van der Waals surface area contributed by atoms with Gasteiger partial charge in [-0.1, -0.05) is 6.92 Å². The summed E-state index contributed by atoms with van der Waals surface area (Å²) in [5, 5.41) is 6.87. The van der Waals surface area contributed by atoms with Crippen LogP contribution in [0.25, 0.3) is 0 Å². The third-order valence-electron chi connectivity index (χ3n) is 4.00. The summed E-state index contributed by atoms with van der Waals surface area (Å²) in [4.78, 5) is 9.95. The van der Waals surface area contributed by atoms with Crippen LogP contribution in [-0.4, -0.2) is 43.6 Å². The van der Waals surface area contributed by atoms with Gasteiger partial charge < -0.3 is 15.5 Å². The molecule has 1 aliphatic heterocycles. The number of halogens is 1. The lowest BCUT2D eigenvalue weighted by Crippen LogP contribution is -2.40. The Morgan fingerprint density at radius 2 is 2.17 bits per heavy atom. The Hall–Kier alpha value is -0.340. The van der Waals surface area contributed by atoms with Crippen LogP contribution < -0.4 is 10.6 Å². The number of nitrogens with zero attached hydrogens (tertiary/aromatic N) is 2. The molecule has 23 heavy (non-hydrogen) atoms. The minimum Gasteiger partial charge on any atom is -0.357 e. The Bertz CT molecular complexity index is 475. The molecule has 2 rings (SSSR count). The predicted molar refractivity (Wildman–Crippen MR) is 112 cm³/mol. The van der Waals surface area contributed by atoms with Crippen molar-refractivity contribution in [2.24, 2.45) is 10.9 Å². The summed E-state index contributed by atoms with van der Waals surface area (Å²) < 4.78 is 0. The monoisotopic (exact) mass is 450 g/mol. The minimum atomic E-state index is 0. The maximum atomic E-state index is 4.70. The minimum absolute atomic E-state index is 0. The van der Waals surface area contributed by atoms with E-state index in [2.05, 4.69) is 48.4 Å². The van der Waals surface area contributed by atoms with E-state index in [1.54, 1.807) is 0 Å². The van der Waals surface area contributed by atoms with Crippen LogP contribution in [0.1, 0.15) is 36.4 Å². The molecule has 1 saturated heterocycles. The maximum Gasteiger partial charge on any atom is 0.191 e. The number of hydrogen-bond donors (Lipinski definition) is 2. The van der Waals surface area contributed by atoms with Crippen molar-refractivity contribution >= 4 is 41.3 Å². The molecule has 0 amide bonds. The molecule has 132 valence electrons. The fraction of sp³-hybridized carbons (Fsp3) is 0.706. The zero-order valence-electron chi connectivity index (χ0n) is 14.6. The van der Waals surface area contributed by atoms with E-state index in [0.29, 0.717) is 0 Å². The van der Waals surface area contributed by atoms with Crippen LogP contribution in [0.15, 0.2) is 17.1 Å². The third kappa shape index (κ3) is 7.39. The van der Waals surface area contributed by atoms with Crippen LogP contribution >= 0.6 is 35.3 Å². The molecule has 1 aromatic rings. The zero-order valence-corrected chi connectivity index (χ0v) is 17.7. The van der Waals surface area contributed by atoms with Gasteiger partial charge in [0.15, 0.2) is 5.96 Å². The fourth-order valence-electron chi connectivity index (χ4n) is 2.91. The molecule has 4 nitrogen and oxygen atoms in total. The summed E-state index contributed by atoms with van der Waals surface area (Å²) in [7, 11) is 0. The van der Waals surface area contributed by atoms with Gasteiger partial charge in [-0.25, -0.2) is 4.99 Å². The molecule has 1 atom stereocenters. The van der Waals surface area contributed by atoms with Crippen LogP contribution in [0.3, 0.4) is 0 Å². The molecule has 1 aromatic heterocycles. The highest BCUT2D eigenvalue weighted by atomic mass is 127. The molecule has 0 bridgehead atoms. The average molecular weight is 450 g/mol. The van der Waals surface area contributed by atoms with E-state index in [-0.39, 0.29) is 24.0 Å². The van der Waals surface area contributed by atoms with E-state index < -0.39 is 0 Å². The Kier molecular flexibility index (Phi) is 10.1. The molecule has 0 aliphatic carbocycles. The van der Waals surface area contributed by atoms with Crippen LogP contribution in [0, 0.1) is 12.8 Å². The Balaban J connectivity index is 0.00000264. The van der Waals surface area contributed by atoms with Crippen molar-refractivity contribution in [1.29, 1.82) is 0 Å². The summed E-state index contributed by atoms with van der Waals surface area (Å²) in [5.74, 6) is 1.70. The van der Waals surface area contributed by atoms with Crippen LogP contribution in [-0.2, 0) is 6.54 Å². The van der Waals surface area contributed by atoms with Gasteiger partial charge in [-0.3, -0.25) is 0 Å². The highest BCUT2D eigenvalue weighted by Crippen LogP contribution is 2.16. The third-order valence-corrected chi connectivity index (χ3v) is 4.99. The lowest BCUT2D eigenvalue weighted by molar-refractivity contribution is 0.324. The number of guanidine groups is 1. The lowest BCUT2D eigenvalue weighted by Gasteiger charge is -2.16. The van der Waals surface area contributed by atoms with Crippen LogP contribution in [0.5, 0.6) is 0 Å². The maximum absolute atomic E-state index is 4.70. The highest BCUT2D eigenvalue weighted by molar-refractivity contribution is 14.0. The standard InChI is InChI=1S/C17H30N4S.HI/c1-4-9-21-10-8-15(13-21)11-19-17(18-5-2)20-12-16-7-6-14(3)22-16;/h6-7,15H,4-5,8-13H2,1-3H3,(H2,18,19,20);1H. The van der Waals surface area contributed by atoms with E-state index in [1.165, 1.54) is 42.2 Å². The summed E-state index contributed by atoms with van der Waals surface area (Å²) in [6.45, 7) is 12.9. The smallest absolute Gasteiger partial charge is 0.191 e. The van der Waals surface area contributed by atoms with Gasteiger partial charge in [-0.15, -0.1) is 35.3 Å². The first-order valence-electron chi connectivity index (χ1n) is 8.51. The molecule has 2 heterocycles. The summed E-state index contributed by atoms with van der Waals surface area (Å²) in [6.07, 6.45) is 2.56. The second-order valence-corrected chi connectivity index (χ2v) is 7.42. The van der Waals surface area contributed by atoms with Gasteiger partial charge in [0, 0.05) is 29.4 Å². The van der Waals surface area contributed by atoms with Gasteiger partial charge in [-0.05, 0) is 57.8 Å². The van der Waals surface area contributed by atoms with E-state index in [0.717, 1.165) is 31.5 Å². The van der Waals surface area contributed by atoms with Gasteiger partial charge in [0.25, 0.3) is 0 Å². The molecule has 2 N–H and O–H groups in total. The van der Waals surface area contributed by atoms with E-state index in [1.807, 2.05) is 11.3 Å². The number of nitrogens with one attached hydrogen (secondary N) is 2. The number of aliphatic imine (C=N–C) groups is 1. The van der Waals surface area contributed by atoms with E-state index in [9.17, 15) is 0 Å². The van der Waals surface area contributed by atoms with E-state index in [4.69, 9.17) is 4.99 Å². The highest BCUT2D eigenvalue weighted by Gasteiger charge is 2.21. The van der Waals surface area contributed by atoms with Crippen molar-refractivity contribution in [2.75, 3.05) is 32.7 Å². The Morgan fingerprint density at radius 3 is 2.83 bits per heavy atom. The van der Waals surface area contributed by atoms with Gasteiger partial charge in [0.05, 0.1) is 6.54 Å². The lowest BCUT2D eigenvalue weighted by atomic mass is 10.1. The van der Waals surface area contributed by atoms with Gasteiger partial charge in [-0.2, -0.15) is 0 Å². The number of thiophene rings is 1. The van der Waals surface area contributed by atoms with E-state index >= 15 is 0 Å². The summed E-state index contributed by atoms with van der Waals surface area (Å²) >= 11 is 1.83. The number of aryl methyl sites for hydroxylation is 1. The van der Waals surface area contributed by atoms with Gasteiger partial charge in [0.2, 0.25) is 0 Å². The van der Waals surface area contributed by atoms with Crippen molar-refractivity contribution < 1.29 is 0 Å². The van der Waals surface area contributed by atoms with Crippen molar-refractivity contribution in [3.8, 4) is 0 Å². The first kappa shape index (κ1) is 20.7. The van der Waals surface area contributed by atoms with Gasteiger partial charge >= 0.3 is 0 Å². The topological polar surface area (TPSA) is 39.7 Å². The summed E-state index contributed by atoms with van der Waals surface area (Å²) in [5.41, 5.74) is 0. The average Bonchev–Trinajstić information content (AvgIpc) is 3.11. The van der Waals surface area contributed by atoms with Crippen molar-refractivity contribution in [3.63, 3.8) is 0 Å². The number of rotatable bonds is 7. The first-order chi connectivity index (χ1) is 10.7. The molecular weight excluding hydrogens is 419 g/mol. The molecular formula is C17H31IN4S. The normalized spacial score (nSPS) is 18.7. The number of hydrogen-bond acceptors (Lipinski definition) is 3. The van der Waals surface area contributed by atoms with Crippen LogP contribution in [0.4, 0.5) is 0 Å². The zero-order chi connectivity index (χ0) is 15.8. The molecule has 1 unspecified atom stereocenters. The quantitative estimate of drug-likeness (QED) is 0.380. The Labute approximate surface area is 162 Å². The SMILES string of the molecule is CCCN1CCC(CNC(=NCc2ccc(C)s2)NCC)C1.I. The molecule has 0 saturated carbocycles. The largest absolute Gasteiger partial charge is 0.357 e. The van der Waals surface area contributed by atoms with Crippen molar-refractivity contribution in [2.45, 2.75) is 40.2 Å². The molecule has 6 heteroatoms. The molecule has 0 spiro atoms. The van der Waals surface area contributed by atoms with Crippen molar-refractivity contribution in [3.05, 3.63) is 21.9 Å². The number of likely N-dealkylation sites (tertiary alicyclic amines) is 1. The molecule has 0 aromatic carbocycles. The summed E-state index contributed by atoms with van der Waals surface area (Å²) in [6, 6.07) is 4.34. The van der Waals surface area contributed by atoms with Gasteiger partial charge in [0.1, 0.15) is 0 Å². The Morgan fingerprint density at radius 1 is 1.35 bits per heavy atom. The van der Waals surface area contributed by atoms with Crippen molar-refractivity contribution in [1.82, 2.24) is 15.5 Å². The molecule has 0 radical (unpaired) electrons. The fourth-order valence-corrected chi connectivity index (χ4v) is 3.72.